The van der Waals surface area contributed by atoms with Gasteiger partial charge in [0.2, 0.25) is 11.8 Å². The summed E-state index contributed by atoms with van der Waals surface area (Å²) in [6, 6.07) is 6.78. The van der Waals surface area contributed by atoms with Gasteiger partial charge in [-0.05, 0) is 18.1 Å². The lowest BCUT2D eigenvalue weighted by Gasteiger charge is -2.11. The predicted molar refractivity (Wildman–Crippen MR) is 64.8 cm³/mol. The number of rotatable bonds is 5. The maximum atomic E-state index is 11.6. The van der Waals surface area contributed by atoms with Gasteiger partial charge in [0.1, 0.15) is 6.04 Å². The van der Waals surface area contributed by atoms with E-state index in [1.807, 2.05) is 24.3 Å². The predicted octanol–water partition coefficient (Wildman–Crippen LogP) is -0.322. The second-order valence-corrected chi connectivity index (χ2v) is 3.84. The molecule has 0 radical (unpaired) electrons. The first-order valence-corrected chi connectivity index (χ1v) is 5.40. The van der Waals surface area contributed by atoms with Crippen LogP contribution in [0.25, 0.3) is 0 Å². The second kappa shape index (κ2) is 6.00. The number of nitrogens with two attached hydrogens (primary N) is 2. The van der Waals surface area contributed by atoms with Crippen LogP contribution >= 0.6 is 0 Å². The standard InChI is InChI=1S/C12H17N3O2/c1-8(12(14)17)15-11(16)6-9-4-2-3-5-10(9)7-13/h2-5,8H,6-7,13H2,1H3,(H2,14,17)(H,15,16). The van der Waals surface area contributed by atoms with Crippen LogP contribution in [0.3, 0.4) is 0 Å². The van der Waals surface area contributed by atoms with E-state index in [0.717, 1.165) is 11.1 Å². The van der Waals surface area contributed by atoms with E-state index in [4.69, 9.17) is 11.5 Å². The molecule has 0 heterocycles. The molecule has 5 heteroatoms. The minimum atomic E-state index is -0.660. The normalized spacial score (nSPS) is 11.9. The zero-order valence-electron chi connectivity index (χ0n) is 9.77. The summed E-state index contributed by atoms with van der Waals surface area (Å²) in [6.45, 7) is 1.93. The Morgan fingerprint density at radius 2 is 1.88 bits per heavy atom. The molecule has 5 nitrogen and oxygen atoms in total. The molecular formula is C12H17N3O2. The molecule has 1 rings (SSSR count). The van der Waals surface area contributed by atoms with E-state index in [-0.39, 0.29) is 12.3 Å². The highest BCUT2D eigenvalue weighted by molar-refractivity contribution is 5.87. The summed E-state index contributed by atoms with van der Waals surface area (Å²) in [6.07, 6.45) is 0.199. The van der Waals surface area contributed by atoms with Gasteiger partial charge < -0.3 is 16.8 Å². The molecule has 0 saturated heterocycles. The van der Waals surface area contributed by atoms with Gasteiger partial charge in [-0.2, -0.15) is 0 Å². The third-order valence-corrected chi connectivity index (χ3v) is 2.49. The quantitative estimate of drug-likeness (QED) is 0.652. The average molecular weight is 235 g/mol. The molecule has 0 aromatic heterocycles. The fraction of sp³-hybridized carbons (Fsp3) is 0.333. The second-order valence-electron chi connectivity index (χ2n) is 3.84. The van der Waals surface area contributed by atoms with Crippen LogP contribution in [-0.4, -0.2) is 17.9 Å². The highest BCUT2D eigenvalue weighted by Crippen LogP contribution is 2.08. The molecule has 0 fully saturated rings. The van der Waals surface area contributed by atoms with Crippen molar-refractivity contribution in [3.63, 3.8) is 0 Å². The minimum Gasteiger partial charge on any atom is -0.368 e. The molecule has 92 valence electrons. The van der Waals surface area contributed by atoms with Gasteiger partial charge in [-0.3, -0.25) is 9.59 Å². The third-order valence-electron chi connectivity index (χ3n) is 2.49. The number of carbonyl (C=O) groups excluding carboxylic acids is 2. The van der Waals surface area contributed by atoms with Crippen molar-refractivity contribution < 1.29 is 9.59 Å². The van der Waals surface area contributed by atoms with Crippen molar-refractivity contribution in [1.82, 2.24) is 5.32 Å². The number of amides is 2. The van der Waals surface area contributed by atoms with Gasteiger partial charge in [0.05, 0.1) is 6.42 Å². The van der Waals surface area contributed by atoms with Crippen LogP contribution < -0.4 is 16.8 Å². The van der Waals surface area contributed by atoms with Gasteiger partial charge in [-0.1, -0.05) is 24.3 Å². The van der Waals surface area contributed by atoms with Gasteiger partial charge >= 0.3 is 0 Å². The van der Waals surface area contributed by atoms with Gasteiger partial charge in [-0.15, -0.1) is 0 Å². The molecule has 0 aliphatic rings. The highest BCUT2D eigenvalue weighted by atomic mass is 16.2. The maximum Gasteiger partial charge on any atom is 0.239 e. The Bertz CT molecular complexity index is 418. The van der Waals surface area contributed by atoms with Crippen LogP contribution in [0, 0.1) is 0 Å². The lowest BCUT2D eigenvalue weighted by molar-refractivity contribution is -0.126. The van der Waals surface area contributed by atoms with Gasteiger partial charge in [-0.25, -0.2) is 0 Å². The number of nitrogens with one attached hydrogen (secondary N) is 1. The van der Waals surface area contributed by atoms with Crippen LogP contribution in [0.5, 0.6) is 0 Å². The van der Waals surface area contributed by atoms with Crippen LogP contribution in [0.4, 0.5) is 0 Å². The van der Waals surface area contributed by atoms with E-state index in [0.29, 0.717) is 6.54 Å². The maximum absolute atomic E-state index is 11.6. The van der Waals surface area contributed by atoms with Gasteiger partial charge in [0, 0.05) is 6.54 Å². The van der Waals surface area contributed by atoms with Crippen molar-refractivity contribution in [2.24, 2.45) is 11.5 Å². The van der Waals surface area contributed by atoms with Gasteiger partial charge in [0.15, 0.2) is 0 Å². The number of carbonyl (C=O) groups is 2. The summed E-state index contributed by atoms with van der Waals surface area (Å²) in [7, 11) is 0. The van der Waals surface area contributed by atoms with Crippen LogP contribution in [0.1, 0.15) is 18.1 Å². The van der Waals surface area contributed by atoms with E-state index < -0.39 is 11.9 Å². The molecular weight excluding hydrogens is 218 g/mol. The Morgan fingerprint density at radius 1 is 1.29 bits per heavy atom. The molecule has 17 heavy (non-hydrogen) atoms. The van der Waals surface area contributed by atoms with Crippen LogP contribution in [-0.2, 0) is 22.6 Å². The highest BCUT2D eigenvalue weighted by Gasteiger charge is 2.13. The van der Waals surface area contributed by atoms with Gasteiger partial charge in [0.25, 0.3) is 0 Å². The van der Waals surface area contributed by atoms with Crippen molar-refractivity contribution in [3.8, 4) is 0 Å². The summed E-state index contributed by atoms with van der Waals surface area (Å²) >= 11 is 0. The molecule has 1 aromatic rings. The molecule has 0 saturated carbocycles. The number of hydrogen-bond acceptors (Lipinski definition) is 3. The molecule has 1 atom stereocenters. The molecule has 1 unspecified atom stereocenters. The molecule has 0 aliphatic carbocycles. The fourth-order valence-corrected chi connectivity index (χ4v) is 1.47. The van der Waals surface area contributed by atoms with Crippen molar-refractivity contribution in [1.29, 1.82) is 0 Å². The minimum absolute atomic E-state index is 0.199. The van der Waals surface area contributed by atoms with E-state index in [9.17, 15) is 9.59 Å². The summed E-state index contributed by atoms with van der Waals surface area (Å²) in [4.78, 5) is 22.4. The summed E-state index contributed by atoms with van der Waals surface area (Å²) in [5.74, 6) is -0.789. The number of hydrogen-bond donors (Lipinski definition) is 3. The van der Waals surface area contributed by atoms with Crippen LogP contribution in [0.2, 0.25) is 0 Å². The van der Waals surface area contributed by atoms with Crippen molar-refractivity contribution in [2.45, 2.75) is 25.9 Å². The lowest BCUT2D eigenvalue weighted by atomic mass is 10.0. The first-order valence-electron chi connectivity index (χ1n) is 5.40. The van der Waals surface area contributed by atoms with E-state index in [2.05, 4.69) is 5.32 Å². The molecule has 5 N–H and O–H groups in total. The summed E-state index contributed by atoms with van der Waals surface area (Å²) in [5.41, 5.74) is 12.4. The molecule has 2 amide bonds. The van der Waals surface area contributed by atoms with E-state index in [1.54, 1.807) is 6.92 Å². The monoisotopic (exact) mass is 235 g/mol. The van der Waals surface area contributed by atoms with Crippen molar-refractivity contribution >= 4 is 11.8 Å². The Kier molecular flexibility index (Phi) is 4.66. The van der Waals surface area contributed by atoms with Crippen molar-refractivity contribution in [2.75, 3.05) is 0 Å². The first-order chi connectivity index (χ1) is 8.04. The van der Waals surface area contributed by atoms with Crippen LogP contribution in [0.15, 0.2) is 24.3 Å². The number of primary amides is 1. The lowest BCUT2D eigenvalue weighted by Crippen LogP contribution is -2.42. The number of benzene rings is 1. The molecule has 1 aromatic carbocycles. The third kappa shape index (κ3) is 3.88. The molecule has 0 bridgehead atoms. The zero-order chi connectivity index (χ0) is 12.8. The Morgan fingerprint density at radius 3 is 2.41 bits per heavy atom. The smallest absolute Gasteiger partial charge is 0.239 e. The van der Waals surface area contributed by atoms with E-state index in [1.165, 1.54) is 0 Å². The zero-order valence-corrected chi connectivity index (χ0v) is 9.77. The molecule has 0 aliphatic heterocycles. The SMILES string of the molecule is CC(NC(=O)Cc1ccccc1CN)C(N)=O. The first kappa shape index (κ1) is 13.2. The Hall–Kier alpha value is -1.88. The largest absolute Gasteiger partial charge is 0.368 e. The topological polar surface area (TPSA) is 98.2 Å². The summed E-state index contributed by atoms with van der Waals surface area (Å²) in [5, 5.41) is 2.52. The average Bonchev–Trinajstić information content (AvgIpc) is 2.29. The fourth-order valence-electron chi connectivity index (χ4n) is 1.47. The summed E-state index contributed by atoms with van der Waals surface area (Å²) < 4.78 is 0. The van der Waals surface area contributed by atoms with Crippen molar-refractivity contribution in [3.05, 3.63) is 35.4 Å². The Balaban J connectivity index is 2.65. The Labute approximate surface area is 100 Å². The van der Waals surface area contributed by atoms with E-state index >= 15 is 0 Å². The molecule has 0 spiro atoms.